The Morgan fingerprint density at radius 1 is 1.26 bits per heavy atom. The van der Waals surface area contributed by atoms with Crippen LogP contribution < -0.4 is 0 Å². The van der Waals surface area contributed by atoms with Crippen molar-refractivity contribution in [3.8, 4) is 11.4 Å². The Morgan fingerprint density at radius 2 is 1.89 bits per heavy atom. The van der Waals surface area contributed by atoms with E-state index in [1.54, 1.807) is 19.1 Å². The van der Waals surface area contributed by atoms with Gasteiger partial charge in [0.2, 0.25) is 11.7 Å². The van der Waals surface area contributed by atoms with E-state index in [0.717, 1.165) is 5.06 Å². The van der Waals surface area contributed by atoms with Gasteiger partial charge in [0, 0.05) is 17.9 Å². The Morgan fingerprint density at radius 3 is 2.37 bits per heavy atom. The van der Waals surface area contributed by atoms with Crippen LogP contribution in [-0.2, 0) is 27.1 Å². The number of hydroxylamine groups is 2. The van der Waals surface area contributed by atoms with Gasteiger partial charge >= 0.3 is 12.1 Å². The van der Waals surface area contributed by atoms with E-state index >= 15 is 0 Å². The summed E-state index contributed by atoms with van der Waals surface area (Å²) in [6.45, 7) is 3.15. The average Bonchev–Trinajstić information content (AvgIpc) is 3.09. The molecular weight excluding hydrogens is 367 g/mol. The molecule has 0 aliphatic heterocycles. The van der Waals surface area contributed by atoms with Crippen LogP contribution in [0.3, 0.4) is 0 Å². The van der Waals surface area contributed by atoms with Gasteiger partial charge in [0.15, 0.2) is 0 Å². The Kier molecular flexibility index (Phi) is 6.32. The SMILES string of the molecule is CON(Cc1ccc(-c2noc(C(F)(F)F)n2)cc1)C(=O)C(C)CC(C)=O. The van der Waals surface area contributed by atoms with E-state index in [4.69, 9.17) is 4.84 Å². The van der Waals surface area contributed by atoms with Crippen LogP contribution in [0.25, 0.3) is 11.4 Å². The largest absolute Gasteiger partial charge is 0.471 e. The summed E-state index contributed by atoms with van der Waals surface area (Å²) in [5, 5.41) is 4.44. The highest BCUT2D eigenvalue weighted by Crippen LogP contribution is 2.29. The Labute approximate surface area is 153 Å². The van der Waals surface area contributed by atoms with Crippen molar-refractivity contribution in [2.75, 3.05) is 7.11 Å². The average molecular weight is 385 g/mol. The van der Waals surface area contributed by atoms with Gasteiger partial charge in [-0.15, -0.1) is 0 Å². The molecule has 1 aromatic heterocycles. The molecular formula is C17H18F3N3O4. The van der Waals surface area contributed by atoms with E-state index in [2.05, 4.69) is 14.7 Å². The van der Waals surface area contributed by atoms with Gasteiger partial charge in [-0.2, -0.15) is 18.2 Å². The van der Waals surface area contributed by atoms with Crippen LogP contribution in [0.2, 0.25) is 0 Å². The number of benzene rings is 1. The van der Waals surface area contributed by atoms with Crippen molar-refractivity contribution in [2.24, 2.45) is 5.92 Å². The van der Waals surface area contributed by atoms with Crippen LogP contribution in [0, 0.1) is 5.92 Å². The Bertz CT molecular complexity index is 803. The summed E-state index contributed by atoms with van der Waals surface area (Å²) in [6.07, 6.45) is -4.60. The number of ketones is 1. The molecule has 0 spiro atoms. The third kappa shape index (κ3) is 5.36. The van der Waals surface area contributed by atoms with Crippen LogP contribution in [-0.4, -0.2) is 34.0 Å². The smallest absolute Gasteiger partial charge is 0.329 e. The number of alkyl halides is 3. The number of hydrogen-bond acceptors (Lipinski definition) is 6. The van der Waals surface area contributed by atoms with Crippen LogP contribution in [0.1, 0.15) is 31.7 Å². The number of nitrogens with zero attached hydrogens (tertiary/aromatic N) is 3. The standard InChI is InChI=1S/C17H18F3N3O4/c1-10(8-11(2)24)15(25)23(26-3)9-12-4-6-13(7-5-12)14-21-16(27-22-14)17(18,19)20/h4-7,10H,8-9H2,1-3H3. The summed E-state index contributed by atoms with van der Waals surface area (Å²) in [5.74, 6) is -2.58. The van der Waals surface area contributed by atoms with Gasteiger partial charge in [0.05, 0.1) is 13.7 Å². The molecule has 0 saturated carbocycles. The minimum Gasteiger partial charge on any atom is -0.329 e. The number of carbonyl (C=O) groups excluding carboxylic acids is 2. The van der Waals surface area contributed by atoms with Crippen LogP contribution >= 0.6 is 0 Å². The number of aromatic nitrogens is 2. The summed E-state index contributed by atoms with van der Waals surface area (Å²) in [6, 6.07) is 6.23. The third-order valence-corrected chi connectivity index (χ3v) is 3.69. The van der Waals surface area contributed by atoms with E-state index in [1.165, 1.54) is 26.2 Å². The highest BCUT2D eigenvalue weighted by atomic mass is 19.4. The van der Waals surface area contributed by atoms with E-state index in [0.29, 0.717) is 11.1 Å². The van der Waals surface area contributed by atoms with Crippen molar-refractivity contribution >= 4 is 11.7 Å². The molecule has 0 saturated heterocycles. The quantitative estimate of drug-likeness (QED) is 0.680. The van der Waals surface area contributed by atoms with Gasteiger partial charge in [-0.25, -0.2) is 5.06 Å². The van der Waals surface area contributed by atoms with Crippen molar-refractivity contribution in [1.29, 1.82) is 0 Å². The molecule has 2 aromatic rings. The van der Waals surface area contributed by atoms with Crippen molar-refractivity contribution < 1.29 is 32.1 Å². The fourth-order valence-electron chi connectivity index (χ4n) is 2.38. The topological polar surface area (TPSA) is 85.5 Å². The molecule has 1 aromatic carbocycles. The zero-order chi connectivity index (χ0) is 20.2. The van der Waals surface area contributed by atoms with Gasteiger partial charge in [-0.05, 0) is 12.5 Å². The van der Waals surface area contributed by atoms with Crippen molar-refractivity contribution in [3.05, 3.63) is 35.7 Å². The van der Waals surface area contributed by atoms with Crippen molar-refractivity contribution in [3.63, 3.8) is 0 Å². The first-order valence-electron chi connectivity index (χ1n) is 7.97. The molecule has 0 N–H and O–H groups in total. The van der Waals surface area contributed by atoms with E-state index in [-0.39, 0.29) is 30.5 Å². The maximum Gasteiger partial charge on any atom is 0.471 e. The van der Waals surface area contributed by atoms with Gasteiger partial charge in [-0.3, -0.25) is 9.63 Å². The van der Waals surface area contributed by atoms with Gasteiger partial charge in [-0.1, -0.05) is 36.3 Å². The predicted molar refractivity (Wildman–Crippen MR) is 86.8 cm³/mol. The van der Waals surface area contributed by atoms with E-state index in [9.17, 15) is 22.8 Å². The molecule has 0 aliphatic rings. The zero-order valence-electron chi connectivity index (χ0n) is 14.9. The lowest BCUT2D eigenvalue weighted by Crippen LogP contribution is -2.34. The molecule has 2 rings (SSSR count). The molecule has 10 heteroatoms. The zero-order valence-corrected chi connectivity index (χ0v) is 14.9. The molecule has 0 aliphatic carbocycles. The molecule has 0 bridgehead atoms. The first kappa shape index (κ1) is 20.6. The maximum atomic E-state index is 12.5. The maximum absolute atomic E-state index is 12.5. The second-order valence-corrected chi connectivity index (χ2v) is 5.98. The fourth-order valence-corrected chi connectivity index (χ4v) is 2.38. The number of halogens is 3. The molecule has 1 atom stereocenters. The van der Waals surface area contributed by atoms with Crippen LogP contribution in [0.15, 0.2) is 28.8 Å². The second-order valence-electron chi connectivity index (χ2n) is 5.98. The van der Waals surface area contributed by atoms with E-state index in [1.807, 2.05) is 0 Å². The summed E-state index contributed by atoms with van der Waals surface area (Å²) >= 11 is 0. The number of carbonyl (C=O) groups is 2. The lowest BCUT2D eigenvalue weighted by molar-refractivity contribution is -0.183. The molecule has 0 radical (unpaired) electrons. The highest BCUT2D eigenvalue weighted by Gasteiger charge is 2.38. The van der Waals surface area contributed by atoms with Crippen molar-refractivity contribution in [1.82, 2.24) is 15.2 Å². The third-order valence-electron chi connectivity index (χ3n) is 3.69. The normalized spacial score (nSPS) is 12.7. The van der Waals surface area contributed by atoms with Crippen molar-refractivity contribution in [2.45, 2.75) is 33.0 Å². The molecule has 7 nitrogen and oxygen atoms in total. The van der Waals surface area contributed by atoms with E-state index < -0.39 is 18.0 Å². The minimum atomic E-state index is -4.71. The van der Waals surface area contributed by atoms with Gasteiger partial charge in [0.25, 0.3) is 0 Å². The molecule has 0 fully saturated rings. The molecule has 1 amide bonds. The fraction of sp³-hybridized carbons (Fsp3) is 0.412. The first-order chi connectivity index (χ1) is 12.6. The monoisotopic (exact) mass is 385 g/mol. The summed E-state index contributed by atoms with van der Waals surface area (Å²) < 4.78 is 41.7. The van der Waals surface area contributed by atoms with Gasteiger partial charge < -0.3 is 9.32 Å². The molecule has 1 heterocycles. The van der Waals surface area contributed by atoms with Crippen LogP contribution in [0.4, 0.5) is 13.2 Å². The summed E-state index contributed by atoms with van der Waals surface area (Å²) in [7, 11) is 1.34. The second kappa shape index (κ2) is 8.30. The summed E-state index contributed by atoms with van der Waals surface area (Å²) in [4.78, 5) is 31.9. The number of hydrogen-bond donors (Lipinski definition) is 0. The first-order valence-corrected chi connectivity index (χ1v) is 7.97. The lowest BCUT2D eigenvalue weighted by Gasteiger charge is -2.23. The number of Topliss-reactive ketones (excluding diaryl/α,β-unsaturated/α-hetero) is 1. The molecule has 146 valence electrons. The lowest BCUT2D eigenvalue weighted by atomic mass is 10.0. The van der Waals surface area contributed by atoms with Crippen LogP contribution in [0.5, 0.6) is 0 Å². The summed E-state index contributed by atoms with van der Waals surface area (Å²) in [5.41, 5.74) is 1.00. The Hall–Kier alpha value is -2.75. The highest BCUT2D eigenvalue weighted by molar-refractivity contribution is 5.84. The molecule has 1 unspecified atom stereocenters. The molecule has 27 heavy (non-hydrogen) atoms. The Balaban J connectivity index is 2.09. The predicted octanol–water partition coefficient (Wildman–Crippen LogP) is 3.26. The minimum absolute atomic E-state index is 0.102. The number of rotatable bonds is 7. The van der Waals surface area contributed by atoms with Gasteiger partial charge in [0.1, 0.15) is 5.78 Å². The number of amides is 1.